The second-order valence-electron chi connectivity index (χ2n) is 8.69. The zero-order valence-corrected chi connectivity index (χ0v) is 17.3. The lowest BCUT2D eigenvalue weighted by atomic mass is 9.92. The predicted molar refractivity (Wildman–Crippen MR) is 110 cm³/mol. The predicted octanol–water partition coefficient (Wildman–Crippen LogP) is 4.51. The molecule has 1 N–H and O–H groups in total. The number of hydrogen-bond donors (Lipinski definition) is 1. The molecule has 1 aliphatic heterocycles. The van der Waals surface area contributed by atoms with Gasteiger partial charge in [-0.25, -0.2) is 4.39 Å². The van der Waals surface area contributed by atoms with Gasteiger partial charge in [-0.3, -0.25) is 9.59 Å². The summed E-state index contributed by atoms with van der Waals surface area (Å²) in [5.74, 6) is 0.123. The van der Waals surface area contributed by atoms with E-state index in [-0.39, 0.29) is 23.0 Å². The first-order valence-corrected chi connectivity index (χ1v) is 9.73. The molecule has 2 aromatic carbocycles. The maximum Gasteiger partial charge on any atom is 0.263 e. The fraction of sp³-hybridized carbons (Fsp3) is 0.391. The summed E-state index contributed by atoms with van der Waals surface area (Å²) in [6.07, 6.45) is -0.217. The molecule has 0 saturated heterocycles. The number of anilines is 1. The smallest absolute Gasteiger partial charge is 0.263 e. The number of nitrogens with zero attached hydrogens (tertiary/aromatic N) is 1. The van der Waals surface area contributed by atoms with E-state index in [1.54, 1.807) is 36.1 Å². The molecule has 0 unspecified atom stereocenters. The Hall–Kier alpha value is -2.89. The highest BCUT2D eigenvalue weighted by molar-refractivity contribution is 5.91. The van der Waals surface area contributed by atoms with Gasteiger partial charge in [-0.15, -0.1) is 0 Å². The van der Waals surface area contributed by atoms with Crippen LogP contribution in [0.15, 0.2) is 42.5 Å². The molecule has 0 aromatic heterocycles. The Kier molecular flexibility index (Phi) is 5.91. The van der Waals surface area contributed by atoms with Crippen LogP contribution in [-0.2, 0) is 22.7 Å². The van der Waals surface area contributed by atoms with E-state index < -0.39 is 6.10 Å². The molecule has 3 rings (SSSR count). The Labute approximate surface area is 170 Å². The largest absolute Gasteiger partial charge is 0.481 e. The van der Waals surface area contributed by atoms with Crippen LogP contribution in [0.25, 0.3) is 0 Å². The Balaban J connectivity index is 1.80. The van der Waals surface area contributed by atoms with Gasteiger partial charge in [0.05, 0.1) is 0 Å². The minimum Gasteiger partial charge on any atom is -0.481 e. The van der Waals surface area contributed by atoms with Gasteiger partial charge < -0.3 is 15.0 Å². The third-order valence-electron chi connectivity index (χ3n) is 4.65. The summed E-state index contributed by atoms with van der Waals surface area (Å²) in [4.78, 5) is 26.7. The van der Waals surface area contributed by atoms with E-state index in [9.17, 15) is 14.0 Å². The van der Waals surface area contributed by atoms with Crippen molar-refractivity contribution >= 4 is 17.5 Å². The van der Waals surface area contributed by atoms with Crippen LogP contribution in [0, 0.1) is 11.2 Å². The van der Waals surface area contributed by atoms with Crippen molar-refractivity contribution in [3.05, 3.63) is 59.4 Å². The average Bonchev–Trinajstić information content (AvgIpc) is 2.73. The third-order valence-corrected chi connectivity index (χ3v) is 4.65. The van der Waals surface area contributed by atoms with E-state index in [1.807, 2.05) is 26.8 Å². The van der Waals surface area contributed by atoms with Crippen LogP contribution >= 0.6 is 0 Å². The van der Waals surface area contributed by atoms with Gasteiger partial charge in [0.15, 0.2) is 6.10 Å². The first-order chi connectivity index (χ1) is 13.6. The van der Waals surface area contributed by atoms with Crippen molar-refractivity contribution in [2.75, 3.05) is 5.32 Å². The number of hydrogen-bond acceptors (Lipinski definition) is 3. The highest BCUT2D eigenvalue weighted by Crippen LogP contribution is 2.30. The Morgan fingerprint density at radius 3 is 2.55 bits per heavy atom. The van der Waals surface area contributed by atoms with Crippen LogP contribution in [0.1, 0.15) is 45.2 Å². The molecule has 1 aliphatic rings. The van der Waals surface area contributed by atoms with Crippen LogP contribution in [-0.4, -0.2) is 22.8 Å². The van der Waals surface area contributed by atoms with Crippen molar-refractivity contribution in [3.8, 4) is 5.75 Å². The van der Waals surface area contributed by atoms with Crippen LogP contribution < -0.4 is 10.1 Å². The number of fused-ring (bicyclic) bond motifs is 1. The number of halogens is 1. The maximum atomic E-state index is 13.2. The van der Waals surface area contributed by atoms with Gasteiger partial charge in [0, 0.05) is 30.8 Å². The number of nitrogens with one attached hydrogen (secondary N) is 1. The van der Waals surface area contributed by atoms with E-state index in [1.165, 1.54) is 12.1 Å². The monoisotopic (exact) mass is 398 g/mol. The van der Waals surface area contributed by atoms with Gasteiger partial charge in [0.25, 0.3) is 5.91 Å². The van der Waals surface area contributed by atoms with E-state index in [4.69, 9.17) is 4.74 Å². The van der Waals surface area contributed by atoms with Gasteiger partial charge in [0.1, 0.15) is 11.6 Å². The van der Waals surface area contributed by atoms with Crippen LogP contribution in [0.5, 0.6) is 5.75 Å². The molecule has 2 amide bonds. The summed E-state index contributed by atoms with van der Waals surface area (Å²) in [7, 11) is 0. The molecule has 0 spiro atoms. The molecule has 0 fully saturated rings. The SMILES string of the molecule is C[C@H]1Oc2ccc(NC(=O)CC(C)(C)C)cc2CN(Cc2ccc(F)cc2)C1=O. The summed E-state index contributed by atoms with van der Waals surface area (Å²) in [5.41, 5.74) is 2.22. The first-order valence-electron chi connectivity index (χ1n) is 9.73. The molecular weight excluding hydrogens is 371 g/mol. The van der Waals surface area contributed by atoms with E-state index in [0.717, 1.165) is 11.1 Å². The minimum absolute atomic E-state index is 0.0559. The number of carbonyl (C=O) groups excluding carboxylic acids is 2. The van der Waals surface area contributed by atoms with Gasteiger partial charge in [0.2, 0.25) is 5.91 Å². The molecular formula is C23H27FN2O3. The highest BCUT2D eigenvalue weighted by Gasteiger charge is 2.28. The van der Waals surface area contributed by atoms with E-state index in [0.29, 0.717) is 30.9 Å². The Morgan fingerprint density at radius 2 is 1.90 bits per heavy atom. The van der Waals surface area contributed by atoms with Crippen LogP contribution in [0.4, 0.5) is 10.1 Å². The quantitative estimate of drug-likeness (QED) is 0.824. The molecule has 5 nitrogen and oxygen atoms in total. The van der Waals surface area contributed by atoms with Gasteiger partial charge in [-0.05, 0) is 48.2 Å². The van der Waals surface area contributed by atoms with Crippen molar-refractivity contribution in [2.24, 2.45) is 5.41 Å². The van der Waals surface area contributed by atoms with Crippen molar-refractivity contribution in [2.45, 2.75) is 53.3 Å². The Morgan fingerprint density at radius 1 is 1.21 bits per heavy atom. The molecule has 6 heteroatoms. The van der Waals surface area contributed by atoms with E-state index in [2.05, 4.69) is 5.32 Å². The molecule has 0 radical (unpaired) electrons. The van der Waals surface area contributed by atoms with Gasteiger partial charge in [-0.2, -0.15) is 0 Å². The fourth-order valence-corrected chi connectivity index (χ4v) is 3.31. The second-order valence-corrected chi connectivity index (χ2v) is 8.69. The van der Waals surface area contributed by atoms with Crippen LogP contribution in [0.2, 0.25) is 0 Å². The number of amides is 2. The van der Waals surface area contributed by atoms with Crippen molar-refractivity contribution in [1.82, 2.24) is 4.90 Å². The summed E-state index contributed by atoms with van der Waals surface area (Å²) in [6.45, 7) is 8.45. The maximum absolute atomic E-state index is 13.2. The molecule has 0 aliphatic carbocycles. The molecule has 154 valence electrons. The summed E-state index contributed by atoms with van der Waals surface area (Å²) in [6, 6.07) is 11.5. The lowest BCUT2D eigenvalue weighted by Gasteiger charge is -2.22. The van der Waals surface area contributed by atoms with E-state index >= 15 is 0 Å². The minimum atomic E-state index is -0.627. The average molecular weight is 398 g/mol. The lowest BCUT2D eigenvalue weighted by molar-refractivity contribution is -0.138. The van der Waals surface area contributed by atoms with Gasteiger partial charge in [-0.1, -0.05) is 32.9 Å². The second kappa shape index (κ2) is 8.23. The van der Waals surface area contributed by atoms with Crippen molar-refractivity contribution in [1.29, 1.82) is 0 Å². The summed E-state index contributed by atoms with van der Waals surface area (Å²) >= 11 is 0. The topological polar surface area (TPSA) is 58.6 Å². The number of ether oxygens (including phenoxy) is 1. The third kappa shape index (κ3) is 5.56. The summed E-state index contributed by atoms with van der Waals surface area (Å²) in [5, 5.41) is 2.92. The van der Waals surface area contributed by atoms with Crippen LogP contribution in [0.3, 0.4) is 0 Å². The van der Waals surface area contributed by atoms with Crippen molar-refractivity contribution < 1.29 is 18.7 Å². The normalized spacial score (nSPS) is 16.7. The van der Waals surface area contributed by atoms with Gasteiger partial charge >= 0.3 is 0 Å². The zero-order chi connectivity index (χ0) is 21.2. The number of rotatable bonds is 4. The number of carbonyl (C=O) groups is 2. The molecule has 0 bridgehead atoms. The molecule has 1 heterocycles. The standard InChI is InChI=1S/C23H27FN2O3/c1-15-22(28)26(13-16-5-7-18(24)8-6-16)14-17-11-19(9-10-20(17)29-15)25-21(27)12-23(2,3)4/h5-11,15H,12-14H2,1-4H3,(H,25,27)/t15-/m1/s1. The molecule has 2 aromatic rings. The number of benzene rings is 2. The zero-order valence-electron chi connectivity index (χ0n) is 17.3. The molecule has 0 saturated carbocycles. The first kappa shape index (κ1) is 20.8. The molecule has 1 atom stereocenters. The van der Waals surface area contributed by atoms with Crippen molar-refractivity contribution in [3.63, 3.8) is 0 Å². The lowest BCUT2D eigenvalue weighted by Crippen LogP contribution is -2.37. The fourth-order valence-electron chi connectivity index (χ4n) is 3.31. The summed E-state index contributed by atoms with van der Waals surface area (Å²) < 4.78 is 19.0. The Bertz CT molecular complexity index is 903. The molecule has 29 heavy (non-hydrogen) atoms. The highest BCUT2D eigenvalue weighted by atomic mass is 19.1.